The predicted molar refractivity (Wildman–Crippen MR) is 150 cm³/mol. The molecule has 0 aliphatic carbocycles. The summed E-state index contributed by atoms with van der Waals surface area (Å²) >= 11 is 0. The first-order chi connectivity index (χ1) is 20.0. The second-order valence-electron chi connectivity index (χ2n) is 9.33. The van der Waals surface area contributed by atoms with E-state index in [1.807, 2.05) is 48.5 Å². The van der Waals surface area contributed by atoms with Gasteiger partial charge in [-0.15, -0.1) is 5.10 Å². The molecule has 0 atom stereocenters. The van der Waals surface area contributed by atoms with Crippen molar-refractivity contribution in [1.82, 2.24) is 39.3 Å². The van der Waals surface area contributed by atoms with Crippen molar-refractivity contribution in [3.63, 3.8) is 0 Å². The lowest BCUT2D eigenvalue weighted by molar-refractivity contribution is -0.141. The highest BCUT2D eigenvalue weighted by atomic mass is 16.5. The molecule has 3 aromatic heterocycles. The van der Waals surface area contributed by atoms with Crippen LogP contribution in [0.2, 0.25) is 0 Å². The lowest BCUT2D eigenvalue weighted by Crippen LogP contribution is -2.40. The number of aryl methyl sites for hydroxylation is 1. The number of methoxy groups -OCH3 is 1. The number of esters is 1. The van der Waals surface area contributed by atoms with Gasteiger partial charge in [0.1, 0.15) is 12.4 Å². The molecule has 0 unspecified atom stereocenters. The van der Waals surface area contributed by atoms with Gasteiger partial charge in [0.25, 0.3) is 5.56 Å². The highest BCUT2D eigenvalue weighted by Crippen LogP contribution is 2.30. The van der Waals surface area contributed by atoms with Gasteiger partial charge in [-0.3, -0.25) is 14.2 Å². The Kier molecular flexibility index (Phi) is 6.55. The van der Waals surface area contributed by atoms with Gasteiger partial charge >= 0.3 is 11.7 Å². The molecule has 3 aromatic carbocycles. The smallest absolute Gasteiger partial charge is 0.337 e. The van der Waals surface area contributed by atoms with E-state index in [9.17, 15) is 14.4 Å². The Morgan fingerprint density at radius 3 is 2.29 bits per heavy atom. The molecule has 0 aliphatic rings. The number of H-pyrrole nitrogens is 1. The van der Waals surface area contributed by atoms with Crippen molar-refractivity contribution in [3.05, 3.63) is 111 Å². The number of rotatable bonds is 7. The van der Waals surface area contributed by atoms with Gasteiger partial charge in [0.2, 0.25) is 0 Å². The van der Waals surface area contributed by atoms with Crippen molar-refractivity contribution in [1.29, 1.82) is 0 Å². The van der Waals surface area contributed by atoms with Crippen LogP contribution in [-0.2, 0) is 22.6 Å². The van der Waals surface area contributed by atoms with Gasteiger partial charge in [0.15, 0.2) is 17.0 Å². The number of nitrogens with zero attached hydrogens (tertiary/aromatic N) is 7. The van der Waals surface area contributed by atoms with Crippen molar-refractivity contribution < 1.29 is 9.53 Å². The SMILES string of the molecule is COC(=O)Cn1c(=O)n(-c2ccccc2)c(=O)c2c1nc(C)n2Cc1ccc(-c2ccccc2-c2nnn[nH]2)cc1. The zero-order valence-electron chi connectivity index (χ0n) is 22.2. The molecule has 0 radical (unpaired) electrons. The largest absolute Gasteiger partial charge is 0.468 e. The molecule has 12 nitrogen and oxygen atoms in total. The molecule has 204 valence electrons. The summed E-state index contributed by atoms with van der Waals surface area (Å²) in [5.41, 5.74) is 3.23. The molecule has 12 heteroatoms. The molecule has 0 fully saturated rings. The first-order valence-corrected chi connectivity index (χ1v) is 12.7. The molecule has 0 amide bonds. The summed E-state index contributed by atoms with van der Waals surface area (Å²) in [5.74, 6) is 0.460. The maximum Gasteiger partial charge on any atom is 0.337 e. The molecule has 0 saturated carbocycles. The van der Waals surface area contributed by atoms with E-state index in [2.05, 4.69) is 25.6 Å². The summed E-state index contributed by atoms with van der Waals surface area (Å²) in [6.07, 6.45) is 0. The van der Waals surface area contributed by atoms with Gasteiger partial charge in [-0.05, 0) is 46.2 Å². The van der Waals surface area contributed by atoms with Gasteiger partial charge in [-0.1, -0.05) is 66.7 Å². The van der Waals surface area contributed by atoms with Gasteiger partial charge in [0.05, 0.1) is 12.8 Å². The molecular weight excluding hydrogens is 524 g/mol. The number of carbonyl (C=O) groups excluding carboxylic acids is 1. The van der Waals surface area contributed by atoms with E-state index >= 15 is 0 Å². The third-order valence-corrected chi connectivity index (χ3v) is 6.89. The molecule has 6 aromatic rings. The number of aromatic amines is 1. The number of aromatic nitrogens is 8. The number of para-hydroxylation sites is 1. The number of ether oxygens (including phenoxy) is 1. The van der Waals surface area contributed by atoms with Crippen LogP contribution in [0.25, 0.3) is 39.4 Å². The van der Waals surface area contributed by atoms with Crippen LogP contribution in [0.1, 0.15) is 11.4 Å². The van der Waals surface area contributed by atoms with Crippen LogP contribution in [0, 0.1) is 6.92 Å². The van der Waals surface area contributed by atoms with Crippen LogP contribution in [0.5, 0.6) is 0 Å². The summed E-state index contributed by atoms with van der Waals surface area (Å²) in [6.45, 7) is 1.69. The van der Waals surface area contributed by atoms with Gasteiger partial charge in [0, 0.05) is 12.1 Å². The van der Waals surface area contributed by atoms with Crippen LogP contribution >= 0.6 is 0 Å². The van der Waals surface area contributed by atoms with Crippen molar-refractivity contribution in [3.8, 4) is 28.2 Å². The van der Waals surface area contributed by atoms with E-state index in [0.29, 0.717) is 23.9 Å². The Hall–Kier alpha value is -5.65. The fraction of sp³-hybridized carbons (Fsp3) is 0.138. The van der Waals surface area contributed by atoms with Crippen molar-refractivity contribution in [2.24, 2.45) is 0 Å². The van der Waals surface area contributed by atoms with E-state index in [1.54, 1.807) is 41.8 Å². The molecule has 3 heterocycles. The average Bonchev–Trinajstić information content (AvgIpc) is 3.65. The molecule has 0 aliphatic heterocycles. The normalized spacial score (nSPS) is 11.2. The molecule has 0 spiro atoms. The predicted octanol–water partition coefficient (Wildman–Crippen LogP) is 2.73. The second kappa shape index (κ2) is 10.5. The maximum absolute atomic E-state index is 13.8. The highest BCUT2D eigenvalue weighted by molar-refractivity contribution is 5.80. The molecule has 0 saturated heterocycles. The zero-order valence-corrected chi connectivity index (χ0v) is 22.2. The van der Waals surface area contributed by atoms with E-state index in [0.717, 1.165) is 26.8 Å². The van der Waals surface area contributed by atoms with Crippen molar-refractivity contribution >= 4 is 17.1 Å². The van der Waals surface area contributed by atoms with Gasteiger partial charge in [-0.25, -0.2) is 19.4 Å². The third kappa shape index (κ3) is 4.61. The zero-order chi connectivity index (χ0) is 28.5. The number of tetrazole rings is 1. The lowest BCUT2D eigenvalue weighted by Gasteiger charge is -2.13. The summed E-state index contributed by atoms with van der Waals surface area (Å²) in [5, 5.41) is 14.2. The van der Waals surface area contributed by atoms with Gasteiger partial charge < -0.3 is 9.30 Å². The van der Waals surface area contributed by atoms with Gasteiger partial charge in [-0.2, -0.15) is 0 Å². The molecule has 1 N–H and O–H groups in total. The van der Waals surface area contributed by atoms with E-state index < -0.39 is 17.2 Å². The highest BCUT2D eigenvalue weighted by Gasteiger charge is 2.23. The molecule has 6 rings (SSSR count). The number of nitrogens with one attached hydrogen (secondary N) is 1. The Balaban J connectivity index is 1.45. The maximum atomic E-state index is 13.8. The fourth-order valence-electron chi connectivity index (χ4n) is 4.87. The Morgan fingerprint density at radius 1 is 0.902 bits per heavy atom. The summed E-state index contributed by atoms with van der Waals surface area (Å²) in [7, 11) is 1.24. The molecule has 41 heavy (non-hydrogen) atoms. The monoisotopic (exact) mass is 548 g/mol. The van der Waals surface area contributed by atoms with Crippen molar-refractivity contribution in [2.75, 3.05) is 7.11 Å². The minimum absolute atomic E-state index is 0.126. The first kappa shape index (κ1) is 25.6. The number of hydrogen-bond acceptors (Lipinski definition) is 8. The quantitative estimate of drug-likeness (QED) is 0.300. The topological polar surface area (TPSA) is 143 Å². The minimum atomic E-state index is -0.672. The van der Waals surface area contributed by atoms with E-state index in [4.69, 9.17) is 4.74 Å². The second-order valence-corrected chi connectivity index (χ2v) is 9.33. The van der Waals surface area contributed by atoms with E-state index in [1.165, 1.54) is 11.7 Å². The molecule has 0 bridgehead atoms. The summed E-state index contributed by atoms with van der Waals surface area (Å²) in [4.78, 5) is 44.1. The third-order valence-electron chi connectivity index (χ3n) is 6.89. The van der Waals surface area contributed by atoms with Crippen LogP contribution in [0.4, 0.5) is 0 Å². The van der Waals surface area contributed by atoms with Crippen LogP contribution in [-0.4, -0.2) is 52.4 Å². The Bertz CT molecular complexity index is 1990. The molecular formula is C29H24N8O4. The lowest BCUT2D eigenvalue weighted by atomic mass is 9.98. The summed E-state index contributed by atoms with van der Waals surface area (Å²) in [6, 6.07) is 24.3. The average molecular weight is 549 g/mol. The number of carbonyl (C=O) groups is 1. The summed E-state index contributed by atoms with van der Waals surface area (Å²) < 4.78 is 8.81. The van der Waals surface area contributed by atoms with Crippen LogP contribution < -0.4 is 11.2 Å². The van der Waals surface area contributed by atoms with E-state index in [-0.39, 0.29) is 17.7 Å². The number of benzene rings is 3. The number of fused-ring (bicyclic) bond motifs is 1. The Labute approximate surface area is 232 Å². The Morgan fingerprint density at radius 2 is 1.61 bits per heavy atom. The standard InChI is InChI=1S/C29H24N8O4/c1-18-30-27-25(28(39)37(21-8-4-3-5-9-21)29(40)36(27)17-24(38)41-2)35(18)16-19-12-14-20(15-13-19)22-10-6-7-11-23(22)26-31-33-34-32-26/h3-15H,16-17H2,1-2H3,(H,31,32,33,34). The van der Waals surface area contributed by atoms with Crippen LogP contribution in [0.3, 0.4) is 0 Å². The number of hydrogen-bond donors (Lipinski definition) is 1. The van der Waals surface area contributed by atoms with Crippen molar-refractivity contribution in [2.45, 2.75) is 20.0 Å². The fourth-order valence-corrected chi connectivity index (χ4v) is 4.87. The number of imidazole rings is 1. The minimum Gasteiger partial charge on any atom is -0.468 e. The van der Waals surface area contributed by atoms with Crippen LogP contribution in [0.15, 0.2) is 88.5 Å². The first-order valence-electron chi connectivity index (χ1n) is 12.7.